The molecule has 0 saturated heterocycles. The Balaban J connectivity index is 6.75. The first kappa shape index (κ1) is 58.1. The molecule has 366 valence electrons. The number of aliphatic imine (C=N–C) groups is 2. The Labute approximate surface area is 377 Å². The molecule has 0 rings (SSSR count). The van der Waals surface area contributed by atoms with Crippen molar-refractivity contribution in [2.24, 2.45) is 38.7 Å². The van der Waals surface area contributed by atoms with E-state index in [9.17, 15) is 68.1 Å². The molecular weight excluding hydrogens is 885 g/mol. The van der Waals surface area contributed by atoms with Gasteiger partial charge in [-0.3, -0.25) is 62.7 Å². The van der Waals surface area contributed by atoms with E-state index in [1.165, 1.54) is 18.7 Å². The maximum absolute atomic E-state index is 13.9. The van der Waals surface area contributed by atoms with Gasteiger partial charge in [0.25, 0.3) is 0 Å². The number of primary amides is 1. The number of carbonyl (C=O) groups is 11. The summed E-state index contributed by atoms with van der Waals surface area (Å²) in [4.78, 5) is 147. The lowest BCUT2D eigenvalue weighted by Gasteiger charge is -2.27. The van der Waals surface area contributed by atoms with Crippen molar-refractivity contribution in [3.05, 3.63) is 0 Å². The number of aliphatic carboxylic acids is 3. The smallest absolute Gasteiger partial charge is 0.305 e. The van der Waals surface area contributed by atoms with Crippen LogP contribution in [0.3, 0.4) is 0 Å². The molecule has 0 aliphatic heterocycles. The summed E-state index contributed by atoms with van der Waals surface area (Å²) < 4.78 is 0. The second-order valence-electron chi connectivity index (χ2n) is 14.3. The summed E-state index contributed by atoms with van der Waals surface area (Å²) in [5, 5.41) is 44.4. The number of hydrogen-bond acceptors (Lipinski definition) is 14. The Kier molecular flexibility index (Phi) is 27.7. The molecule has 0 aromatic rings. The Hall–Kier alpha value is -6.94. The normalized spacial score (nSPS) is 13.8. The summed E-state index contributed by atoms with van der Waals surface area (Å²) in [6.07, 6.45) is -1.89. The van der Waals surface area contributed by atoms with Crippen LogP contribution in [0.15, 0.2) is 9.98 Å². The molecule has 0 unspecified atom stereocenters. The molecule has 0 aromatic heterocycles. The number of guanidine groups is 2. The zero-order valence-electron chi connectivity index (χ0n) is 36.3. The highest BCUT2D eigenvalue weighted by atomic mass is 32.2. The maximum atomic E-state index is 13.9. The van der Waals surface area contributed by atoms with Crippen LogP contribution in [0.5, 0.6) is 0 Å². The third kappa shape index (κ3) is 26.3. The average molecular weight is 947 g/mol. The van der Waals surface area contributed by atoms with Crippen molar-refractivity contribution in [2.75, 3.05) is 25.1 Å². The zero-order valence-corrected chi connectivity index (χ0v) is 37.1. The summed E-state index contributed by atoms with van der Waals surface area (Å²) in [6.45, 7) is 2.32. The number of nitrogens with one attached hydrogen (secondary N) is 7. The van der Waals surface area contributed by atoms with Crippen molar-refractivity contribution in [2.45, 2.75) is 120 Å². The lowest BCUT2D eigenvalue weighted by Crippen LogP contribution is -2.60. The van der Waals surface area contributed by atoms with Gasteiger partial charge in [-0.05, 0) is 63.9 Å². The molecule has 65 heavy (non-hydrogen) atoms. The van der Waals surface area contributed by atoms with Crippen molar-refractivity contribution in [3.63, 3.8) is 0 Å². The highest BCUT2D eigenvalue weighted by Crippen LogP contribution is 2.10. The molecule has 7 atom stereocenters. The minimum absolute atomic E-state index is 0.0299. The van der Waals surface area contributed by atoms with E-state index < -0.39 is 140 Å². The SMILES string of the molecule is CSCC[C@H](NC(=O)[C@H](CCC(=O)O)NC(=O)[C@H](CC(=O)O)NC(C)=O)C(=O)N[C@@H](CCC(=O)O)C(=O)N[C@@H](CCCN=C(N)N)C(=O)N[C@@H](CCCN=C(N)N)C(=O)N[C@@H](C)C(N)=O. The molecule has 29 heteroatoms. The van der Waals surface area contributed by atoms with Gasteiger partial charge in [-0.2, -0.15) is 11.8 Å². The van der Waals surface area contributed by atoms with Crippen LogP contribution in [0.4, 0.5) is 0 Å². The third-order valence-corrected chi connectivity index (χ3v) is 9.46. The molecule has 0 fully saturated rings. The van der Waals surface area contributed by atoms with E-state index in [0.29, 0.717) is 0 Å². The quantitative estimate of drug-likeness (QED) is 0.0165. The molecule has 0 spiro atoms. The van der Waals surface area contributed by atoms with Gasteiger partial charge in [0.05, 0.1) is 6.42 Å². The summed E-state index contributed by atoms with van der Waals surface area (Å²) in [6, 6.07) is -10.5. The Morgan fingerprint density at radius 3 is 1.14 bits per heavy atom. The number of carboxylic acids is 3. The number of hydrogen-bond donors (Lipinski definition) is 15. The second kappa shape index (κ2) is 31.0. The minimum Gasteiger partial charge on any atom is -0.481 e. The molecule has 0 radical (unpaired) electrons. The van der Waals surface area contributed by atoms with E-state index in [2.05, 4.69) is 47.2 Å². The predicted octanol–water partition coefficient (Wildman–Crippen LogP) is -6.03. The molecule has 0 aliphatic rings. The molecule has 0 heterocycles. The molecular formula is C36H62N14O14S. The van der Waals surface area contributed by atoms with Crippen molar-refractivity contribution in [1.82, 2.24) is 37.2 Å². The van der Waals surface area contributed by atoms with Crippen LogP contribution in [0.2, 0.25) is 0 Å². The van der Waals surface area contributed by atoms with E-state index in [1.54, 1.807) is 6.26 Å². The van der Waals surface area contributed by atoms with Gasteiger partial charge >= 0.3 is 17.9 Å². The number of thioether (sulfide) groups is 1. The Morgan fingerprint density at radius 1 is 0.492 bits per heavy atom. The zero-order chi connectivity index (χ0) is 49.8. The molecule has 0 aromatic carbocycles. The van der Waals surface area contributed by atoms with Crippen LogP contribution >= 0.6 is 11.8 Å². The molecule has 0 saturated carbocycles. The van der Waals surface area contributed by atoms with Gasteiger partial charge in [-0.25, -0.2) is 0 Å². The van der Waals surface area contributed by atoms with Gasteiger partial charge in [0.15, 0.2) is 11.9 Å². The molecule has 8 amide bonds. The minimum atomic E-state index is -1.69. The lowest BCUT2D eigenvalue weighted by molar-refractivity contribution is -0.141. The van der Waals surface area contributed by atoms with Crippen LogP contribution in [-0.2, 0) is 52.7 Å². The first-order valence-electron chi connectivity index (χ1n) is 20.0. The first-order chi connectivity index (χ1) is 30.4. The molecule has 0 bridgehead atoms. The summed E-state index contributed by atoms with van der Waals surface area (Å²) in [7, 11) is 0. The largest absolute Gasteiger partial charge is 0.481 e. The van der Waals surface area contributed by atoms with E-state index in [0.717, 1.165) is 6.92 Å². The van der Waals surface area contributed by atoms with Crippen LogP contribution in [0, 0.1) is 0 Å². The van der Waals surface area contributed by atoms with Gasteiger partial charge in [0.2, 0.25) is 47.3 Å². The fourth-order valence-electron chi connectivity index (χ4n) is 5.50. The fraction of sp³-hybridized carbons (Fsp3) is 0.639. The van der Waals surface area contributed by atoms with Crippen molar-refractivity contribution >= 4 is 88.8 Å². The van der Waals surface area contributed by atoms with E-state index in [-0.39, 0.29) is 62.9 Å². The number of nitrogens with zero attached hydrogens (tertiary/aromatic N) is 2. The van der Waals surface area contributed by atoms with Crippen molar-refractivity contribution in [1.29, 1.82) is 0 Å². The number of carboxylic acid groups (broad SMARTS) is 3. The van der Waals surface area contributed by atoms with Gasteiger partial charge in [-0.15, -0.1) is 0 Å². The maximum Gasteiger partial charge on any atom is 0.305 e. The summed E-state index contributed by atoms with van der Waals surface area (Å²) in [5.41, 5.74) is 26.8. The summed E-state index contributed by atoms with van der Waals surface area (Å²) in [5.74, 6) is -12.4. The topological polar surface area (TPSA) is 487 Å². The Morgan fingerprint density at radius 2 is 0.831 bits per heavy atom. The summed E-state index contributed by atoms with van der Waals surface area (Å²) >= 11 is 1.23. The average Bonchev–Trinajstić information content (AvgIpc) is 3.20. The van der Waals surface area contributed by atoms with Crippen LogP contribution < -0.4 is 65.9 Å². The van der Waals surface area contributed by atoms with Crippen LogP contribution in [0.25, 0.3) is 0 Å². The van der Waals surface area contributed by atoms with Crippen LogP contribution in [-0.4, -0.2) is 160 Å². The van der Waals surface area contributed by atoms with Crippen molar-refractivity contribution in [3.8, 4) is 0 Å². The highest BCUT2D eigenvalue weighted by molar-refractivity contribution is 7.98. The number of rotatable bonds is 33. The number of nitrogens with two attached hydrogens (primary N) is 5. The van der Waals surface area contributed by atoms with Gasteiger partial charge in [0.1, 0.15) is 42.3 Å². The van der Waals surface area contributed by atoms with Gasteiger partial charge in [0, 0.05) is 32.9 Å². The number of carbonyl (C=O) groups excluding carboxylic acids is 8. The van der Waals surface area contributed by atoms with Crippen LogP contribution in [0.1, 0.15) is 78.1 Å². The van der Waals surface area contributed by atoms with Gasteiger partial charge in [-0.1, -0.05) is 0 Å². The van der Waals surface area contributed by atoms with Gasteiger partial charge < -0.3 is 81.2 Å². The van der Waals surface area contributed by atoms with E-state index in [1.807, 2.05) is 0 Å². The standard InChI is InChI=1S/C36H62N14O14S/c1-17(28(37)58)44-29(59)19(6-4-13-42-35(38)39)46-30(60)20(7-5-14-43-36(40)41)47-31(61)21(8-10-25(52)53)48-33(63)23(12-15-65-3)50-32(62)22(9-11-26(54)55)49-34(64)24(16-27(56)57)45-18(2)51/h17,19-24H,4-16H2,1-3H3,(H2,37,58)(H,44,59)(H,45,51)(H,46,60)(H,47,61)(H,48,63)(H,49,64)(H,50,62)(H,52,53)(H,54,55)(H,56,57)(H4,38,39,42)(H4,40,41,43)/t17-,19-,20-,21-,22-,23-,24-/m0/s1. The molecule has 28 nitrogen and oxygen atoms in total. The fourth-order valence-corrected chi connectivity index (χ4v) is 5.97. The Bertz CT molecular complexity index is 1740. The first-order valence-corrected chi connectivity index (χ1v) is 21.4. The monoisotopic (exact) mass is 946 g/mol. The van der Waals surface area contributed by atoms with E-state index >= 15 is 0 Å². The third-order valence-electron chi connectivity index (χ3n) is 8.82. The van der Waals surface area contributed by atoms with E-state index in [4.69, 9.17) is 28.7 Å². The lowest BCUT2D eigenvalue weighted by atomic mass is 10.0. The van der Waals surface area contributed by atoms with Crippen molar-refractivity contribution < 1.29 is 68.1 Å². The molecule has 20 N–H and O–H groups in total. The number of amides is 8. The molecule has 0 aliphatic carbocycles. The second-order valence-corrected chi connectivity index (χ2v) is 15.3. The highest BCUT2D eigenvalue weighted by Gasteiger charge is 2.34. The predicted molar refractivity (Wildman–Crippen MR) is 233 cm³/mol.